The summed E-state index contributed by atoms with van der Waals surface area (Å²) in [7, 11) is 0. The van der Waals surface area contributed by atoms with E-state index in [1.807, 2.05) is 0 Å². The minimum Gasteiger partial charge on any atom is -0.226 e. The Morgan fingerprint density at radius 3 is 2.91 bits per heavy atom. The highest BCUT2D eigenvalue weighted by molar-refractivity contribution is 5.17. The van der Waals surface area contributed by atoms with Crippen LogP contribution in [0.25, 0.3) is 0 Å². The lowest BCUT2D eigenvalue weighted by Gasteiger charge is -1.95. The summed E-state index contributed by atoms with van der Waals surface area (Å²) in [5.74, 6) is -2.19. The van der Waals surface area contributed by atoms with E-state index in [2.05, 4.69) is 4.98 Å². The fourth-order valence-electron chi connectivity index (χ4n) is 0.677. The number of hydrogen-bond acceptors (Lipinski definition) is 2. The Morgan fingerprint density at radius 2 is 2.27 bits per heavy atom. The van der Waals surface area contributed by atoms with Gasteiger partial charge in [0.1, 0.15) is 0 Å². The quantitative estimate of drug-likeness (QED) is 0.573. The second-order valence-electron chi connectivity index (χ2n) is 1.91. The monoisotopic (exact) mass is 154 g/mol. The summed E-state index contributed by atoms with van der Waals surface area (Å²) in [4.78, 5) is 3.07. The number of rotatable bonds is 1. The van der Waals surface area contributed by atoms with Gasteiger partial charge in [-0.05, 0) is 6.07 Å². The van der Waals surface area contributed by atoms with Crippen molar-refractivity contribution >= 4 is 0 Å². The van der Waals surface area contributed by atoms with Gasteiger partial charge in [0.25, 0.3) is 0 Å². The molecule has 0 saturated heterocycles. The number of hydrogen-bond donors (Lipinski definition) is 0. The third-order valence-electron chi connectivity index (χ3n) is 1.20. The van der Waals surface area contributed by atoms with E-state index in [9.17, 15) is 8.78 Å². The van der Waals surface area contributed by atoms with E-state index >= 15 is 0 Å². The van der Waals surface area contributed by atoms with Crippen molar-refractivity contribution in [2.45, 2.75) is 6.42 Å². The normalized spacial score (nSPS) is 9.18. The predicted molar refractivity (Wildman–Crippen MR) is 33.5 cm³/mol. The van der Waals surface area contributed by atoms with Gasteiger partial charge in [-0.15, -0.1) is 0 Å². The van der Waals surface area contributed by atoms with Crippen molar-refractivity contribution in [3.63, 3.8) is 0 Å². The van der Waals surface area contributed by atoms with Crippen molar-refractivity contribution in [3.05, 3.63) is 29.6 Å². The van der Waals surface area contributed by atoms with Gasteiger partial charge in [-0.1, -0.05) is 0 Å². The smallest absolute Gasteiger partial charge is 0.226 e. The number of pyridine rings is 1. The van der Waals surface area contributed by atoms with Crippen LogP contribution >= 0.6 is 0 Å². The summed E-state index contributed by atoms with van der Waals surface area (Å²) in [6.07, 6.45) is 0.996. The van der Waals surface area contributed by atoms with Crippen LogP contribution in [0.5, 0.6) is 0 Å². The fourth-order valence-corrected chi connectivity index (χ4v) is 0.677. The average molecular weight is 154 g/mol. The van der Waals surface area contributed by atoms with Crippen molar-refractivity contribution in [1.82, 2.24) is 4.98 Å². The summed E-state index contributed by atoms with van der Waals surface area (Å²) in [5, 5.41) is 8.18. The third kappa shape index (κ3) is 1.49. The summed E-state index contributed by atoms with van der Waals surface area (Å²) in [6.45, 7) is 0. The van der Waals surface area contributed by atoms with E-state index in [1.165, 1.54) is 6.07 Å². The van der Waals surface area contributed by atoms with Crippen LogP contribution in [-0.4, -0.2) is 4.98 Å². The van der Waals surface area contributed by atoms with E-state index in [1.54, 1.807) is 6.07 Å². The van der Waals surface area contributed by atoms with Gasteiger partial charge in [0.15, 0.2) is 5.82 Å². The summed E-state index contributed by atoms with van der Waals surface area (Å²) < 4.78 is 24.9. The Kier molecular flexibility index (Phi) is 2.12. The molecule has 0 fully saturated rings. The van der Waals surface area contributed by atoms with Crippen LogP contribution in [0.15, 0.2) is 12.3 Å². The first kappa shape index (κ1) is 7.61. The van der Waals surface area contributed by atoms with Crippen molar-refractivity contribution in [2.24, 2.45) is 0 Å². The van der Waals surface area contributed by atoms with E-state index in [4.69, 9.17) is 5.26 Å². The maximum Gasteiger partial charge on any atom is 0.249 e. The van der Waals surface area contributed by atoms with Crippen LogP contribution in [0.1, 0.15) is 5.56 Å². The Hall–Kier alpha value is -1.50. The van der Waals surface area contributed by atoms with Crippen LogP contribution < -0.4 is 0 Å². The van der Waals surface area contributed by atoms with E-state index in [0.29, 0.717) is 0 Å². The van der Waals surface area contributed by atoms with Gasteiger partial charge < -0.3 is 0 Å². The fraction of sp³-hybridized carbons (Fsp3) is 0.143. The molecule has 0 bridgehead atoms. The lowest BCUT2D eigenvalue weighted by atomic mass is 10.2. The molecule has 0 aromatic carbocycles. The van der Waals surface area contributed by atoms with Crippen LogP contribution in [0, 0.1) is 23.1 Å². The van der Waals surface area contributed by atoms with Crippen molar-refractivity contribution in [1.29, 1.82) is 5.26 Å². The molecule has 1 aromatic rings. The molecule has 1 heterocycles. The maximum atomic E-state index is 12.6. The first-order valence-corrected chi connectivity index (χ1v) is 2.91. The van der Waals surface area contributed by atoms with Gasteiger partial charge in [0.05, 0.1) is 12.5 Å². The molecule has 0 amide bonds. The highest BCUT2D eigenvalue weighted by Gasteiger charge is 2.07. The van der Waals surface area contributed by atoms with Gasteiger partial charge in [-0.2, -0.15) is 9.65 Å². The Labute approximate surface area is 62.1 Å². The molecule has 0 N–H and O–H groups in total. The van der Waals surface area contributed by atoms with Crippen molar-refractivity contribution in [3.8, 4) is 6.07 Å². The zero-order valence-electron chi connectivity index (χ0n) is 5.51. The second-order valence-corrected chi connectivity index (χ2v) is 1.91. The van der Waals surface area contributed by atoms with Gasteiger partial charge >= 0.3 is 0 Å². The average Bonchev–Trinajstić information content (AvgIpc) is 1.99. The highest BCUT2D eigenvalue weighted by atomic mass is 19.2. The molecule has 11 heavy (non-hydrogen) atoms. The second kappa shape index (κ2) is 3.06. The molecule has 0 saturated carbocycles. The largest absolute Gasteiger partial charge is 0.249 e. The molecule has 0 radical (unpaired) electrons. The lowest BCUT2D eigenvalue weighted by Crippen LogP contribution is -1.95. The molecule has 56 valence electrons. The Morgan fingerprint density at radius 1 is 1.55 bits per heavy atom. The van der Waals surface area contributed by atoms with Gasteiger partial charge in [0.2, 0.25) is 5.95 Å². The number of halogens is 2. The molecule has 0 atom stereocenters. The number of nitrogens with zero attached hydrogens (tertiary/aromatic N) is 2. The molecule has 0 spiro atoms. The number of aromatic nitrogens is 1. The minimum atomic E-state index is -1.15. The minimum absolute atomic E-state index is 0.0417. The summed E-state index contributed by atoms with van der Waals surface area (Å²) in [6, 6.07) is 3.00. The lowest BCUT2D eigenvalue weighted by molar-refractivity contribution is 0.473. The zero-order valence-corrected chi connectivity index (χ0v) is 5.51. The Bertz CT molecular complexity index is 304. The first-order chi connectivity index (χ1) is 5.25. The molecule has 0 aliphatic rings. The van der Waals surface area contributed by atoms with Crippen LogP contribution in [0.2, 0.25) is 0 Å². The standard InChI is InChI=1S/C7H4F2N2/c8-6-5(1-3-10)2-4-11-7(6)9/h2,4H,1H2. The first-order valence-electron chi connectivity index (χ1n) is 2.91. The SMILES string of the molecule is N#CCc1ccnc(F)c1F. The molecular formula is C7H4F2N2. The van der Waals surface area contributed by atoms with E-state index in [0.717, 1.165) is 6.20 Å². The van der Waals surface area contributed by atoms with E-state index in [-0.39, 0.29) is 12.0 Å². The molecule has 0 aliphatic heterocycles. The van der Waals surface area contributed by atoms with Gasteiger partial charge in [-0.25, -0.2) is 9.37 Å². The Balaban J connectivity index is 3.08. The van der Waals surface area contributed by atoms with E-state index < -0.39 is 11.8 Å². The highest BCUT2D eigenvalue weighted by Crippen LogP contribution is 2.08. The van der Waals surface area contributed by atoms with Crippen LogP contribution in [0.4, 0.5) is 8.78 Å². The molecule has 4 heteroatoms. The molecular weight excluding hydrogens is 150 g/mol. The maximum absolute atomic E-state index is 12.6. The van der Waals surface area contributed by atoms with Crippen LogP contribution in [0.3, 0.4) is 0 Å². The number of nitriles is 1. The summed E-state index contributed by atoms with van der Waals surface area (Å²) >= 11 is 0. The molecule has 0 unspecified atom stereocenters. The van der Waals surface area contributed by atoms with Crippen LogP contribution in [-0.2, 0) is 6.42 Å². The van der Waals surface area contributed by atoms with Gasteiger partial charge in [-0.3, -0.25) is 0 Å². The van der Waals surface area contributed by atoms with Crippen molar-refractivity contribution in [2.75, 3.05) is 0 Å². The molecule has 1 aromatic heterocycles. The molecule has 2 nitrogen and oxygen atoms in total. The summed E-state index contributed by atoms with van der Waals surface area (Å²) in [5.41, 5.74) is 0.0417. The third-order valence-corrected chi connectivity index (χ3v) is 1.20. The molecule has 0 aliphatic carbocycles. The molecule has 1 rings (SSSR count). The topological polar surface area (TPSA) is 36.7 Å². The zero-order chi connectivity index (χ0) is 8.27. The van der Waals surface area contributed by atoms with Crippen molar-refractivity contribution < 1.29 is 8.78 Å². The van der Waals surface area contributed by atoms with Gasteiger partial charge in [0, 0.05) is 11.8 Å². The predicted octanol–water partition coefficient (Wildman–Crippen LogP) is 1.43.